The third-order valence-electron chi connectivity index (χ3n) is 2.48. The maximum Gasteiger partial charge on any atom is 0.0445 e. The molecule has 4 heteroatoms. The smallest absolute Gasteiger partial charge is 0.0445 e. The van der Waals surface area contributed by atoms with E-state index in [1.165, 1.54) is 0 Å². The molecule has 16 heavy (non-hydrogen) atoms. The Balaban J connectivity index is 2.68. The highest BCUT2D eigenvalue weighted by molar-refractivity contribution is 6.34. The van der Waals surface area contributed by atoms with Crippen molar-refractivity contribution in [2.45, 2.75) is 32.4 Å². The number of hydrogen-bond donors (Lipinski definition) is 2. The number of nitrogens with one attached hydrogen (secondary N) is 1. The molecule has 0 aromatic heterocycles. The Hall–Kier alpha value is -0.280. The second-order valence-corrected chi connectivity index (χ2v) is 4.88. The topological polar surface area (TPSA) is 32.3 Å². The monoisotopic (exact) mass is 261 g/mol. The van der Waals surface area contributed by atoms with Crippen LogP contribution in [0.5, 0.6) is 0 Å². The molecule has 0 heterocycles. The van der Waals surface area contributed by atoms with Gasteiger partial charge in [-0.3, -0.25) is 0 Å². The van der Waals surface area contributed by atoms with Gasteiger partial charge in [0, 0.05) is 28.7 Å². The van der Waals surface area contributed by atoms with E-state index < -0.39 is 0 Å². The second kappa shape index (κ2) is 6.45. The summed E-state index contributed by atoms with van der Waals surface area (Å²) >= 11 is 11.9. The number of halogens is 2. The third kappa shape index (κ3) is 4.30. The van der Waals surface area contributed by atoms with Crippen molar-refractivity contribution in [3.63, 3.8) is 0 Å². The van der Waals surface area contributed by atoms with Crippen LogP contribution < -0.4 is 5.32 Å². The van der Waals surface area contributed by atoms with Crippen LogP contribution in [0.15, 0.2) is 18.2 Å². The number of aliphatic hydroxyl groups is 1. The molecule has 1 aromatic rings. The van der Waals surface area contributed by atoms with E-state index in [1.54, 1.807) is 6.07 Å². The van der Waals surface area contributed by atoms with Crippen LogP contribution in [0.3, 0.4) is 0 Å². The Bertz CT molecular complexity index is 324. The number of hydrogen-bond acceptors (Lipinski definition) is 2. The van der Waals surface area contributed by atoms with Gasteiger partial charge in [0.15, 0.2) is 0 Å². The van der Waals surface area contributed by atoms with Gasteiger partial charge in [0.05, 0.1) is 0 Å². The van der Waals surface area contributed by atoms with E-state index in [1.807, 2.05) is 19.1 Å². The fourth-order valence-electron chi connectivity index (χ4n) is 1.63. The van der Waals surface area contributed by atoms with E-state index in [0.29, 0.717) is 10.0 Å². The highest BCUT2D eigenvalue weighted by Crippen LogP contribution is 2.23. The van der Waals surface area contributed by atoms with Gasteiger partial charge in [-0.1, -0.05) is 23.2 Å². The lowest BCUT2D eigenvalue weighted by molar-refractivity contribution is 0.264. The average Bonchev–Trinajstić information content (AvgIpc) is 2.16. The minimum Gasteiger partial charge on any atom is -0.396 e. The Kier molecular flexibility index (Phi) is 5.56. The summed E-state index contributed by atoms with van der Waals surface area (Å²) < 4.78 is 0. The first kappa shape index (κ1) is 13.8. The standard InChI is InChI=1S/C12H17Cl2NO/c1-8(3-4-16)15-9(2)10-5-11(13)7-12(14)6-10/h5-9,15-16H,3-4H2,1-2H3/t8-,9?/m1/s1. The van der Waals surface area contributed by atoms with Crippen LogP contribution in [0.1, 0.15) is 31.9 Å². The Morgan fingerprint density at radius 2 is 1.75 bits per heavy atom. The number of benzene rings is 1. The molecule has 0 aliphatic rings. The third-order valence-corrected chi connectivity index (χ3v) is 2.92. The molecule has 0 aliphatic carbocycles. The van der Waals surface area contributed by atoms with Crippen LogP contribution in [0.25, 0.3) is 0 Å². The molecule has 0 aliphatic heterocycles. The summed E-state index contributed by atoms with van der Waals surface area (Å²) in [6.07, 6.45) is 0.735. The molecule has 0 bridgehead atoms. The fraction of sp³-hybridized carbons (Fsp3) is 0.500. The lowest BCUT2D eigenvalue weighted by Crippen LogP contribution is -2.29. The van der Waals surface area contributed by atoms with Crippen molar-refractivity contribution in [1.82, 2.24) is 5.32 Å². The van der Waals surface area contributed by atoms with Crippen molar-refractivity contribution in [2.75, 3.05) is 6.61 Å². The van der Waals surface area contributed by atoms with Crippen molar-refractivity contribution >= 4 is 23.2 Å². The van der Waals surface area contributed by atoms with Gasteiger partial charge in [-0.05, 0) is 44.0 Å². The molecular formula is C12H17Cl2NO. The van der Waals surface area contributed by atoms with E-state index in [-0.39, 0.29) is 18.7 Å². The maximum absolute atomic E-state index is 8.83. The van der Waals surface area contributed by atoms with Crippen LogP contribution >= 0.6 is 23.2 Å². The summed E-state index contributed by atoms with van der Waals surface area (Å²) in [5, 5.41) is 13.5. The molecule has 0 spiro atoms. The van der Waals surface area contributed by atoms with Gasteiger partial charge in [0.1, 0.15) is 0 Å². The van der Waals surface area contributed by atoms with Crippen LogP contribution in [0, 0.1) is 0 Å². The van der Waals surface area contributed by atoms with E-state index in [0.717, 1.165) is 12.0 Å². The van der Waals surface area contributed by atoms with E-state index in [9.17, 15) is 0 Å². The van der Waals surface area contributed by atoms with E-state index >= 15 is 0 Å². The summed E-state index contributed by atoms with van der Waals surface area (Å²) in [5.41, 5.74) is 1.06. The zero-order valence-electron chi connectivity index (χ0n) is 9.50. The van der Waals surface area contributed by atoms with Crippen LogP contribution in [0.2, 0.25) is 10.0 Å². The summed E-state index contributed by atoms with van der Waals surface area (Å²) in [4.78, 5) is 0. The van der Waals surface area contributed by atoms with Gasteiger partial charge in [0.2, 0.25) is 0 Å². The summed E-state index contributed by atoms with van der Waals surface area (Å²) in [6.45, 7) is 4.28. The first-order chi connectivity index (χ1) is 7.52. The summed E-state index contributed by atoms with van der Waals surface area (Å²) in [7, 11) is 0. The first-order valence-corrected chi connectivity index (χ1v) is 6.11. The molecule has 2 atom stereocenters. The van der Waals surface area contributed by atoms with Crippen molar-refractivity contribution in [1.29, 1.82) is 0 Å². The average molecular weight is 262 g/mol. The highest BCUT2D eigenvalue weighted by atomic mass is 35.5. The lowest BCUT2D eigenvalue weighted by atomic mass is 10.1. The Morgan fingerprint density at radius 1 is 1.19 bits per heavy atom. The number of rotatable bonds is 5. The predicted octanol–water partition coefficient (Wildman–Crippen LogP) is 3.41. The molecule has 0 fully saturated rings. The van der Waals surface area contributed by atoms with Gasteiger partial charge in [-0.15, -0.1) is 0 Å². The summed E-state index contributed by atoms with van der Waals surface area (Å²) in [6, 6.07) is 5.94. The molecule has 0 saturated carbocycles. The second-order valence-electron chi connectivity index (χ2n) is 4.00. The molecule has 2 nitrogen and oxygen atoms in total. The highest BCUT2D eigenvalue weighted by Gasteiger charge is 2.10. The predicted molar refractivity (Wildman–Crippen MR) is 69.2 cm³/mol. The van der Waals surface area contributed by atoms with Gasteiger partial charge < -0.3 is 10.4 Å². The van der Waals surface area contributed by atoms with E-state index in [2.05, 4.69) is 12.2 Å². The van der Waals surface area contributed by atoms with Crippen molar-refractivity contribution in [3.05, 3.63) is 33.8 Å². The minimum atomic E-state index is 0.165. The van der Waals surface area contributed by atoms with Gasteiger partial charge in [-0.25, -0.2) is 0 Å². The normalized spacial score (nSPS) is 14.8. The Labute approximate surface area is 107 Å². The molecule has 1 unspecified atom stereocenters. The zero-order chi connectivity index (χ0) is 12.1. The molecule has 2 N–H and O–H groups in total. The summed E-state index contributed by atoms with van der Waals surface area (Å²) in [5.74, 6) is 0. The lowest BCUT2D eigenvalue weighted by Gasteiger charge is -2.20. The quantitative estimate of drug-likeness (QED) is 0.852. The van der Waals surface area contributed by atoms with Crippen LogP contribution in [-0.2, 0) is 0 Å². The van der Waals surface area contributed by atoms with Gasteiger partial charge >= 0.3 is 0 Å². The van der Waals surface area contributed by atoms with E-state index in [4.69, 9.17) is 28.3 Å². The molecule has 90 valence electrons. The van der Waals surface area contributed by atoms with Crippen LogP contribution in [0.4, 0.5) is 0 Å². The largest absolute Gasteiger partial charge is 0.396 e. The van der Waals surface area contributed by atoms with Crippen molar-refractivity contribution in [2.24, 2.45) is 0 Å². The van der Waals surface area contributed by atoms with Crippen molar-refractivity contribution < 1.29 is 5.11 Å². The molecular weight excluding hydrogens is 245 g/mol. The maximum atomic E-state index is 8.83. The fourth-order valence-corrected chi connectivity index (χ4v) is 2.17. The van der Waals surface area contributed by atoms with Gasteiger partial charge in [0.25, 0.3) is 0 Å². The molecule has 1 aromatic carbocycles. The van der Waals surface area contributed by atoms with Gasteiger partial charge in [-0.2, -0.15) is 0 Å². The Morgan fingerprint density at radius 3 is 2.25 bits per heavy atom. The molecule has 0 amide bonds. The number of aliphatic hydroxyl groups excluding tert-OH is 1. The SMILES string of the molecule is CC(N[C@H](C)CCO)c1cc(Cl)cc(Cl)c1. The van der Waals surface area contributed by atoms with Crippen molar-refractivity contribution in [3.8, 4) is 0 Å². The zero-order valence-corrected chi connectivity index (χ0v) is 11.0. The first-order valence-electron chi connectivity index (χ1n) is 5.36. The minimum absolute atomic E-state index is 0.165. The molecule has 0 saturated heterocycles. The van der Waals surface area contributed by atoms with Crippen LogP contribution in [-0.4, -0.2) is 17.8 Å². The molecule has 0 radical (unpaired) electrons. The molecule has 1 rings (SSSR count).